The zero-order valence-electron chi connectivity index (χ0n) is 24.7. The molecule has 224 valence electrons. The van der Waals surface area contributed by atoms with Crippen LogP contribution in [0.15, 0.2) is 49.1 Å². The number of aliphatic carboxylic acids is 1. The minimum atomic E-state index is -1.23. The summed E-state index contributed by atoms with van der Waals surface area (Å²) >= 11 is 0. The van der Waals surface area contributed by atoms with E-state index in [1.165, 1.54) is 6.33 Å². The summed E-state index contributed by atoms with van der Waals surface area (Å²) in [6.07, 6.45) is 8.81. The Morgan fingerprint density at radius 3 is 2.40 bits per heavy atom. The van der Waals surface area contributed by atoms with Gasteiger partial charge in [-0.2, -0.15) is 5.10 Å². The van der Waals surface area contributed by atoms with Gasteiger partial charge in [0.05, 0.1) is 34.8 Å². The lowest BCUT2D eigenvalue weighted by atomic mass is 9.95. The average molecular weight is 601 g/mol. The topological polar surface area (TPSA) is 132 Å². The number of hydrogen-bond acceptors (Lipinski definition) is 7. The number of anilines is 1. The molecule has 0 radical (unpaired) electrons. The maximum absolute atomic E-state index is 13.6. The molecule has 1 atom stereocenters. The molecule has 0 saturated heterocycles. The van der Waals surface area contributed by atoms with E-state index in [-0.39, 0.29) is 18.2 Å². The van der Waals surface area contributed by atoms with E-state index in [0.29, 0.717) is 46.8 Å². The highest BCUT2D eigenvalue weighted by Crippen LogP contribution is 2.41. The number of aromatic nitrogens is 5. The zero-order valence-corrected chi connectivity index (χ0v) is 25.7. The lowest BCUT2D eigenvalue weighted by Gasteiger charge is -2.22. The van der Waals surface area contributed by atoms with Gasteiger partial charge in [0, 0.05) is 32.5 Å². The maximum Gasteiger partial charge on any atom is 0.305 e. The van der Waals surface area contributed by atoms with Gasteiger partial charge >= 0.3 is 5.97 Å². The lowest BCUT2D eigenvalue weighted by Crippen LogP contribution is -2.31. The van der Waals surface area contributed by atoms with Crippen molar-refractivity contribution >= 4 is 42.7 Å². The second-order valence-corrected chi connectivity index (χ2v) is 18.3. The Balaban J connectivity index is 1.44. The van der Waals surface area contributed by atoms with Crippen LogP contribution in [0.1, 0.15) is 58.9 Å². The summed E-state index contributed by atoms with van der Waals surface area (Å²) in [6, 6.07) is 9.21. The number of carboxylic acid groups (broad SMARTS) is 1. The highest BCUT2D eigenvalue weighted by molar-refractivity contribution is 6.76. The summed E-state index contributed by atoms with van der Waals surface area (Å²) in [7, 11) is -1.23. The number of nitrogens with zero attached hydrogens (tertiary/aromatic N) is 6. The smallest absolute Gasteiger partial charge is 0.305 e. The number of carbonyl (C=O) groups is 3. The second-order valence-electron chi connectivity index (χ2n) is 12.6. The number of ether oxygens (including phenoxy) is 1. The number of rotatable bonds is 11. The highest BCUT2D eigenvalue weighted by atomic mass is 28.3. The summed E-state index contributed by atoms with van der Waals surface area (Å²) in [5.41, 5.74) is 2.23. The van der Waals surface area contributed by atoms with Crippen LogP contribution in [0.5, 0.6) is 0 Å². The Labute approximate surface area is 250 Å². The van der Waals surface area contributed by atoms with Gasteiger partial charge in [0.1, 0.15) is 18.7 Å². The fraction of sp³-hybridized carbons (Fsp3) is 0.419. The third-order valence-electron chi connectivity index (χ3n) is 8.42. The van der Waals surface area contributed by atoms with Crippen LogP contribution in [0.25, 0.3) is 22.3 Å². The third-order valence-corrected chi connectivity index (χ3v) is 10.1. The Morgan fingerprint density at radius 2 is 1.74 bits per heavy atom. The molecule has 0 unspecified atom stereocenters. The Morgan fingerprint density at radius 1 is 1.05 bits per heavy atom. The van der Waals surface area contributed by atoms with Crippen LogP contribution in [-0.4, -0.2) is 61.9 Å². The molecule has 0 spiro atoms. The molecule has 4 aromatic rings. The lowest BCUT2D eigenvalue weighted by molar-refractivity contribution is -0.138. The molecule has 2 aliphatic rings. The first kappa shape index (κ1) is 28.9. The number of amides is 2. The van der Waals surface area contributed by atoms with Crippen LogP contribution in [0.3, 0.4) is 0 Å². The van der Waals surface area contributed by atoms with Crippen molar-refractivity contribution in [2.24, 2.45) is 5.92 Å². The Bertz CT molecular complexity index is 1670. The molecule has 43 heavy (non-hydrogen) atoms. The zero-order chi connectivity index (χ0) is 30.3. The number of imide groups is 1. The molecule has 1 aromatic carbocycles. The quantitative estimate of drug-likeness (QED) is 0.133. The molecule has 11 nitrogen and oxygen atoms in total. The van der Waals surface area contributed by atoms with E-state index >= 15 is 0 Å². The van der Waals surface area contributed by atoms with Crippen LogP contribution in [0.4, 0.5) is 5.82 Å². The largest absolute Gasteiger partial charge is 0.481 e. The maximum atomic E-state index is 13.6. The number of fused-ring (bicyclic) bond motifs is 2. The van der Waals surface area contributed by atoms with E-state index in [0.717, 1.165) is 36.6 Å². The molecule has 3 aromatic heterocycles. The molecule has 1 aliphatic heterocycles. The average Bonchev–Trinajstić information content (AvgIpc) is 3.77. The number of carbonyl (C=O) groups excluding carboxylic acids is 2. The van der Waals surface area contributed by atoms with Gasteiger partial charge in [-0.25, -0.2) is 14.9 Å². The molecule has 1 fully saturated rings. The fourth-order valence-corrected chi connectivity index (χ4v) is 6.88. The molecule has 2 amide bonds. The molecular formula is C31H36N6O5Si. The molecule has 4 heterocycles. The Hall–Kier alpha value is -4.16. The summed E-state index contributed by atoms with van der Waals surface area (Å²) in [5.74, 6) is -1.60. The molecule has 1 saturated carbocycles. The van der Waals surface area contributed by atoms with Crippen molar-refractivity contribution in [3.05, 3.63) is 60.2 Å². The molecule has 1 N–H and O–H groups in total. The van der Waals surface area contributed by atoms with Crippen molar-refractivity contribution in [2.75, 3.05) is 11.5 Å². The first-order valence-electron chi connectivity index (χ1n) is 14.8. The molecular weight excluding hydrogens is 564 g/mol. The minimum Gasteiger partial charge on any atom is -0.481 e. The van der Waals surface area contributed by atoms with Crippen LogP contribution in [0, 0.1) is 5.92 Å². The van der Waals surface area contributed by atoms with Gasteiger partial charge in [-0.3, -0.25) is 19.1 Å². The number of hydrogen-bond donors (Lipinski definition) is 1. The standard InChI is InChI=1S/C31H36N6O5Si/c1-43(2,3)15-14-42-19-35-13-12-23-27(32-18-33-28(23)35)24-17-36(25(16-26(38)39)20-8-4-5-9-20)34-29(24)37-30(40)21-10-6-7-11-22(21)31(37)41/h6-7,10-13,17-18,20,25H,4-5,8-9,14-16,19H2,1-3H3,(H,38,39)/t25-/m1/s1. The normalized spacial score (nSPS) is 16.4. The van der Waals surface area contributed by atoms with Gasteiger partial charge in [0.2, 0.25) is 0 Å². The van der Waals surface area contributed by atoms with Crippen LogP contribution >= 0.6 is 0 Å². The van der Waals surface area contributed by atoms with E-state index in [1.807, 2.05) is 16.8 Å². The van der Waals surface area contributed by atoms with Crippen LogP contribution in [0.2, 0.25) is 25.7 Å². The van der Waals surface area contributed by atoms with Crippen molar-refractivity contribution in [3.8, 4) is 11.3 Å². The highest BCUT2D eigenvalue weighted by Gasteiger charge is 2.41. The van der Waals surface area contributed by atoms with E-state index in [4.69, 9.17) is 9.84 Å². The van der Waals surface area contributed by atoms with E-state index in [1.54, 1.807) is 35.1 Å². The monoisotopic (exact) mass is 600 g/mol. The van der Waals surface area contributed by atoms with Crippen LogP contribution in [-0.2, 0) is 16.3 Å². The summed E-state index contributed by atoms with van der Waals surface area (Å²) in [5, 5.41) is 15.3. The minimum absolute atomic E-state index is 0.113. The second kappa shape index (κ2) is 11.5. The fourth-order valence-electron chi connectivity index (χ4n) is 6.13. The van der Waals surface area contributed by atoms with E-state index in [9.17, 15) is 19.5 Å². The van der Waals surface area contributed by atoms with Gasteiger partial charge in [0.15, 0.2) is 5.82 Å². The van der Waals surface area contributed by atoms with Gasteiger partial charge in [-0.05, 0) is 43.0 Å². The van der Waals surface area contributed by atoms with Crippen molar-refractivity contribution in [1.82, 2.24) is 24.3 Å². The van der Waals surface area contributed by atoms with Crippen LogP contribution < -0.4 is 4.90 Å². The van der Waals surface area contributed by atoms with Gasteiger partial charge < -0.3 is 14.4 Å². The van der Waals surface area contributed by atoms with Gasteiger partial charge in [-0.15, -0.1) is 0 Å². The van der Waals surface area contributed by atoms with Crippen molar-refractivity contribution in [3.63, 3.8) is 0 Å². The summed E-state index contributed by atoms with van der Waals surface area (Å²) in [6.45, 7) is 7.91. The number of benzene rings is 1. The predicted molar refractivity (Wildman–Crippen MR) is 164 cm³/mol. The van der Waals surface area contributed by atoms with E-state index < -0.39 is 31.9 Å². The van der Waals surface area contributed by atoms with Gasteiger partial charge in [0.25, 0.3) is 11.8 Å². The predicted octanol–water partition coefficient (Wildman–Crippen LogP) is 5.61. The van der Waals surface area contributed by atoms with Crippen molar-refractivity contribution in [1.29, 1.82) is 0 Å². The SMILES string of the molecule is C[Si](C)(C)CCOCn1ccc2c(-c3cn([C@H](CC(=O)O)C4CCCC4)nc3N3C(=O)c4ccccc4C3=O)ncnc21. The van der Waals surface area contributed by atoms with Crippen molar-refractivity contribution in [2.45, 2.75) is 70.6 Å². The van der Waals surface area contributed by atoms with Gasteiger partial charge in [-0.1, -0.05) is 44.6 Å². The summed E-state index contributed by atoms with van der Waals surface area (Å²) in [4.78, 5) is 49.4. The molecule has 6 rings (SSSR count). The Kier molecular flexibility index (Phi) is 7.73. The summed E-state index contributed by atoms with van der Waals surface area (Å²) < 4.78 is 9.52. The van der Waals surface area contributed by atoms with E-state index in [2.05, 4.69) is 29.6 Å². The first-order chi connectivity index (χ1) is 20.6. The third kappa shape index (κ3) is 5.64. The molecule has 12 heteroatoms. The number of carboxylic acids is 1. The van der Waals surface area contributed by atoms with Crippen molar-refractivity contribution < 1.29 is 24.2 Å². The first-order valence-corrected chi connectivity index (χ1v) is 18.5. The molecule has 0 bridgehead atoms. The molecule has 1 aliphatic carbocycles.